The van der Waals surface area contributed by atoms with E-state index in [1.165, 1.54) is 11.5 Å². The van der Waals surface area contributed by atoms with Crippen molar-refractivity contribution in [2.24, 2.45) is 0 Å². The number of aromatic nitrogens is 2. The van der Waals surface area contributed by atoms with Gasteiger partial charge >= 0.3 is 0 Å². The first-order valence-corrected chi connectivity index (χ1v) is 7.64. The second kappa shape index (κ2) is 6.66. The van der Waals surface area contributed by atoms with Crippen molar-refractivity contribution in [1.29, 1.82) is 0 Å². The minimum atomic E-state index is -0.00819. The Morgan fingerprint density at radius 2 is 2.16 bits per heavy atom. The molecule has 2 rings (SSSR count). The van der Waals surface area contributed by atoms with Crippen molar-refractivity contribution in [2.45, 2.75) is 26.3 Å². The molecule has 1 aromatic heterocycles. The first-order valence-electron chi connectivity index (χ1n) is 6.11. The molecule has 102 valence electrons. The van der Waals surface area contributed by atoms with E-state index in [2.05, 4.69) is 21.8 Å². The fourth-order valence-corrected chi connectivity index (χ4v) is 3.04. The molecular formula is C13H15Cl2N3S. The van der Waals surface area contributed by atoms with Crippen LogP contribution in [0.1, 0.15) is 35.5 Å². The number of nitrogens with zero attached hydrogens (tertiary/aromatic N) is 2. The fourth-order valence-electron chi connectivity index (χ4n) is 1.88. The predicted octanol–water partition coefficient (Wildman–Crippen LogP) is 4.24. The highest BCUT2D eigenvalue weighted by atomic mass is 35.5. The molecule has 0 amide bonds. The summed E-state index contributed by atoms with van der Waals surface area (Å²) in [6.45, 7) is 4.98. The van der Waals surface area contributed by atoms with Crippen molar-refractivity contribution in [2.75, 3.05) is 6.54 Å². The summed E-state index contributed by atoms with van der Waals surface area (Å²) in [6, 6.07) is 5.68. The monoisotopic (exact) mass is 315 g/mol. The van der Waals surface area contributed by atoms with Gasteiger partial charge in [0, 0.05) is 0 Å². The Morgan fingerprint density at radius 1 is 1.37 bits per heavy atom. The predicted molar refractivity (Wildman–Crippen MR) is 81.2 cm³/mol. The first-order chi connectivity index (χ1) is 9.15. The smallest absolute Gasteiger partial charge is 0.0776 e. The third-order valence-electron chi connectivity index (χ3n) is 2.84. The summed E-state index contributed by atoms with van der Waals surface area (Å²) < 4.78 is 4.00. The normalized spacial score (nSPS) is 12.6. The number of halogens is 2. The first kappa shape index (κ1) is 14.7. The maximum Gasteiger partial charge on any atom is 0.0776 e. The molecule has 1 heterocycles. The van der Waals surface area contributed by atoms with Crippen molar-refractivity contribution in [3.05, 3.63) is 44.4 Å². The lowest BCUT2D eigenvalue weighted by Crippen LogP contribution is -2.23. The summed E-state index contributed by atoms with van der Waals surface area (Å²) in [7, 11) is 0. The van der Waals surface area contributed by atoms with Gasteiger partial charge in [-0.25, -0.2) is 0 Å². The molecule has 1 unspecified atom stereocenters. The molecule has 0 aliphatic carbocycles. The topological polar surface area (TPSA) is 37.8 Å². The Bertz CT molecular complexity index is 557. The maximum atomic E-state index is 6.33. The van der Waals surface area contributed by atoms with E-state index >= 15 is 0 Å². The summed E-state index contributed by atoms with van der Waals surface area (Å²) in [5.41, 5.74) is 1.89. The molecule has 3 nitrogen and oxygen atoms in total. The molecule has 1 N–H and O–H groups in total. The van der Waals surface area contributed by atoms with E-state index in [9.17, 15) is 0 Å². The lowest BCUT2D eigenvalue weighted by Gasteiger charge is -2.19. The molecule has 0 bridgehead atoms. The van der Waals surface area contributed by atoms with E-state index in [0.29, 0.717) is 10.0 Å². The van der Waals surface area contributed by atoms with Crippen molar-refractivity contribution >= 4 is 34.7 Å². The van der Waals surface area contributed by atoms with Gasteiger partial charge in [0.15, 0.2) is 0 Å². The van der Waals surface area contributed by atoms with Crippen LogP contribution in [0.4, 0.5) is 0 Å². The molecule has 0 saturated heterocycles. The molecule has 6 heteroatoms. The summed E-state index contributed by atoms with van der Waals surface area (Å²) in [4.78, 5) is 1.08. The minimum absolute atomic E-state index is 0.00819. The van der Waals surface area contributed by atoms with Crippen LogP contribution in [0, 0.1) is 6.92 Å². The van der Waals surface area contributed by atoms with Gasteiger partial charge in [0.25, 0.3) is 0 Å². The number of hydrogen-bond donors (Lipinski definition) is 1. The third-order valence-corrected chi connectivity index (χ3v) is 4.56. The number of hydrogen-bond acceptors (Lipinski definition) is 4. The second-order valence-corrected chi connectivity index (χ2v) is 5.82. The molecule has 0 fully saturated rings. The van der Waals surface area contributed by atoms with Crippen molar-refractivity contribution in [3.63, 3.8) is 0 Å². The average molecular weight is 316 g/mol. The zero-order valence-electron chi connectivity index (χ0n) is 10.8. The molecule has 0 radical (unpaired) electrons. The lowest BCUT2D eigenvalue weighted by atomic mass is 10.0. The molecule has 1 aromatic carbocycles. The molecule has 19 heavy (non-hydrogen) atoms. The average Bonchev–Trinajstić information content (AvgIpc) is 2.81. The van der Waals surface area contributed by atoms with Crippen molar-refractivity contribution in [3.8, 4) is 0 Å². The van der Waals surface area contributed by atoms with Crippen LogP contribution >= 0.6 is 34.7 Å². The zero-order chi connectivity index (χ0) is 13.8. The molecule has 0 spiro atoms. The number of aryl methyl sites for hydroxylation is 1. The second-order valence-electron chi connectivity index (χ2n) is 4.25. The maximum absolute atomic E-state index is 6.33. The van der Waals surface area contributed by atoms with Crippen LogP contribution in [0.5, 0.6) is 0 Å². The zero-order valence-corrected chi connectivity index (χ0v) is 13.1. The van der Waals surface area contributed by atoms with Gasteiger partial charge in [-0.15, -0.1) is 5.10 Å². The van der Waals surface area contributed by atoms with Crippen LogP contribution < -0.4 is 5.32 Å². The molecule has 2 aromatic rings. The van der Waals surface area contributed by atoms with Gasteiger partial charge in [0.2, 0.25) is 0 Å². The summed E-state index contributed by atoms with van der Waals surface area (Å²) >= 11 is 13.8. The highest BCUT2D eigenvalue weighted by Crippen LogP contribution is 2.35. The fraction of sp³-hybridized carbons (Fsp3) is 0.385. The Morgan fingerprint density at radius 3 is 2.79 bits per heavy atom. The van der Waals surface area contributed by atoms with Gasteiger partial charge in [-0.2, -0.15) is 0 Å². The van der Waals surface area contributed by atoms with Crippen LogP contribution in [-0.2, 0) is 0 Å². The van der Waals surface area contributed by atoms with Crippen LogP contribution in [0.3, 0.4) is 0 Å². The van der Waals surface area contributed by atoms with Gasteiger partial charge in [-0.1, -0.05) is 46.7 Å². The van der Waals surface area contributed by atoms with Gasteiger partial charge < -0.3 is 5.32 Å². The van der Waals surface area contributed by atoms with E-state index in [1.807, 2.05) is 19.1 Å². The van der Waals surface area contributed by atoms with Gasteiger partial charge in [-0.3, -0.25) is 0 Å². The number of benzene rings is 1. The molecular weight excluding hydrogens is 301 g/mol. The quantitative estimate of drug-likeness (QED) is 0.896. The van der Waals surface area contributed by atoms with Gasteiger partial charge in [0.05, 0.1) is 26.7 Å². The molecule has 1 atom stereocenters. The highest BCUT2D eigenvalue weighted by Gasteiger charge is 2.21. The lowest BCUT2D eigenvalue weighted by molar-refractivity contribution is 0.603. The Balaban J connectivity index is 2.43. The number of rotatable bonds is 5. The van der Waals surface area contributed by atoms with E-state index < -0.39 is 0 Å². The van der Waals surface area contributed by atoms with E-state index in [1.54, 1.807) is 6.07 Å². The third kappa shape index (κ3) is 3.26. The van der Waals surface area contributed by atoms with E-state index in [4.69, 9.17) is 23.2 Å². The van der Waals surface area contributed by atoms with Crippen LogP contribution in [0.2, 0.25) is 10.0 Å². The van der Waals surface area contributed by atoms with Crippen molar-refractivity contribution < 1.29 is 0 Å². The van der Waals surface area contributed by atoms with Crippen LogP contribution in [0.15, 0.2) is 18.2 Å². The minimum Gasteiger partial charge on any atom is -0.305 e. The molecule has 0 aliphatic rings. The summed E-state index contributed by atoms with van der Waals surface area (Å²) in [5.74, 6) is 0. The van der Waals surface area contributed by atoms with Crippen LogP contribution in [-0.4, -0.2) is 16.1 Å². The molecule has 0 aliphatic heterocycles. The standard InChI is InChI=1S/C13H15Cl2N3S/c1-3-7-16-12(13-8(2)17-18-19-13)9-5-4-6-10(14)11(9)15/h4-6,12,16H,3,7H2,1-2H3. The highest BCUT2D eigenvalue weighted by molar-refractivity contribution is 7.05. The Labute approximate surface area is 127 Å². The van der Waals surface area contributed by atoms with E-state index in [0.717, 1.165) is 29.1 Å². The summed E-state index contributed by atoms with van der Waals surface area (Å²) in [6.07, 6.45) is 1.04. The van der Waals surface area contributed by atoms with E-state index in [-0.39, 0.29) is 6.04 Å². The Hall–Kier alpha value is -0.680. The van der Waals surface area contributed by atoms with Gasteiger partial charge in [0.1, 0.15) is 0 Å². The number of nitrogens with one attached hydrogen (secondary N) is 1. The van der Waals surface area contributed by atoms with Crippen LogP contribution in [0.25, 0.3) is 0 Å². The molecule has 0 saturated carbocycles. The largest absolute Gasteiger partial charge is 0.305 e. The van der Waals surface area contributed by atoms with Gasteiger partial charge in [-0.05, 0) is 43.1 Å². The van der Waals surface area contributed by atoms with Crippen molar-refractivity contribution in [1.82, 2.24) is 14.9 Å². The summed E-state index contributed by atoms with van der Waals surface area (Å²) in [5, 5.41) is 8.72. The SMILES string of the molecule is CCCNC(c1cccc(Cl)c1Cl)c1snnc1C. The Kier molecular flexibility index (Phi) is 5.16.